The van der Waals surface area contributed by atoms with Crippen molar-refractivity contribution in [2.24, 2.45) is 0 Å². The number of aromatic nitrogens is 2. The third kappa shape index (κ3) is 1.78. The molecule has 2 heterocycles. The van der Waals surface area contributed by atoms with Gasteiger partial charge in [-0.05, 0) is 13.0 Å². The Morgan fingerprint density at radius 2 is 2.46 bits per heavy atom. The number of nitrogens with zero attached hydrogens (tertiary/aromatic N) is 3. The Morgan fingerprint density at radius 1 is 1.54 bits per heavy atom. The molecule has 1 N–H and O–H groups in total. The standard InChI is InChI=1S/C9H14N4/c1-13(8-2-3-10-6-8)9-7-11-4-5-12-9/h4-5,7-8,10H,2-3,6H2,1H3. The van der Waals surface area contributed by atoms with Crippen molar-refractivity contribution in [3.05, 3.63) is 18.6 Å². The highest BCUT2D eigenvalue weighted by molar-refractivity contribution is 5.35. The Labute approximate surface area is 78.0 Å². The summed E-state index contributed by atoms with van der Waals surface area (Å²) in [6.07, 6.45) is 6.42. The molecule has 1 unspecified atom stereocenters. The molecule has 1 aromatic heterocycles. The van der Waals surface area contributed by atoms with Crippen molar-refractivity contribution in [1.29, 1.82) is 0 Å². The second-order valence-electron chi connectivity index (χ2n) is 3.32. The van der Waals surface area contributed by atoms with Gasteiger partial charge >= 0.3 is 0 Å². The van der Waals surface area contributed by atoms with Crippen molar-refractivity contribution in [2.75, 3.05) is 25.0 Å². The lowest BCUT2D eigenvalue weighted by Gasteiger charge is -2.23. The van der Waals surface area contributed by atoms with Crippen LogP contribution in [0, 0.1) is 0 Å². The quantitative estimate of drug-likeness (QED) is 0.706. The van der Waals surface area contributed by atoms with E-state index in [1.807, 2.05) is 0 Å². The Bertz CT molecular complexity index is 256. The average molecular weight is 178 g/mol. The number of likely N-dealkylation sites (N-methyl/N-ethyl adjacent to an activating group) is 1. The highest BCUT2D eigenvalue weighted by atomic mass is 15.2. The lowest BCUT2D eigenvalue weighted by atomic mass is 10.2. The van der Waals surface area contributed by atoms with E-state index in [-0.39, 0.29) is 0 Å². The highest BCUT2D eigenvalue weighted by Crippen LogP contribution is 2.13. The van der Waals surface area contributed by atoms with E-state index in [1.165, 1.54) is 6.42 Å². The van der Waals surface area contributed by atoms with Gasteiger partial charge in [-0.2, -0.15) is 0 Å². The van der Waals surface area contributed by atoms with Crippen molar-refractivity contribution < 1.29 is 0 Å². The van der Waals surface area contributed by atoms with Gasteiger partial charge in [0.15, 0.2) is 0 Å². The Hall–Kier alpha value is -1.16. The average Bonchev–Trinajstić information content (AvgIpc) is 2.71. The van der Waals surface area contributed by atoms with Crippen molar-refractivity contribution >= 4 is 5.82 Å². The smallest absolute Gasteiger partial charge is 0.147 e. The molecule has 0 radical (unpaired) electrons. The first kappa shape index (κ1) is 8.44. The molecule has 1 saturated heterocycles. The van der Waals surface area contributed by atoms with Crippen molar-refractivity contribution in [1.82, 2.24) is 15.3 Å². The van der Waals surface area contributed by atoms with E-state index in [2.05, 4.69) is 27.2 Å². The molecule has 1 aliphatic heterocycles. The van der Waals surface area contributed by atoms with Gasteiger partial charge in [-0.25, -0.2) is 4.98 Å². The minimum absolute atomic E-state index is 0.566. The minimum Gasteiger partial charge on any atom is -0.354 e. The largest absolute Gasteiger partial charge is 0.354 e. The van der Waals surface area contributed by atoms with Crippen LogP contribution in [0.1, 0.15) is 6.42 Å². The maximum atomic E-state index is 4.26. The van der Waals surface area contributed by atoms with Gasteiger partial charge in [-0.15, -0.1) is 0 Å². The molecule has 0 amide bonds. The monoisotopic (exact) mass is 178 g/mol. The molecule has 1 atom stereocenters. The van der Waals surface area contributed by atoms with E-state index in [0.29, 0.717) is 6.04 Å². The number of rotatable bonds is 2. The highest BCUT2D eigenvalue weighted by Gasteiger charge is 2.19. The molecule has 1 fully saturated rings. The summed E-state index contributed by atoms with van der Waals surface area (Å²) < 4.78 is 0. The van der Waals surface area contributed by atoms with Gasteiger partial charge in [0.25, 0.3) is 0 Å². The van der Waals surface area contributed by atoms with Crippen LogP contribution < -0.4 is 10.2 Å². The molecule has 0 saturated carbocycles. The number of hydrogen-bond acceptors (Lipinski definition) is 4. The molecule has 4 heteroatoms. The van der Waals surface area contributed by atoms with E-state index in [9.17, 15) is 0 Å². The summed E-state index contributed by atoms with van der Waals surface area (Å²) in [7, 11) is 2.07. The van der Waals surface area contributed by atoms with Crippen LogP contribution in [-0.2, 0) is 0 Å². The van der Waals surface area contributed by atoms with Gasteiger partial charge < -0.3 is 10.2 Å². The van der Waals surface area contributed by atoms with Crippen LogP contribution in [0.2, 0.25) is 0 Å². The van der Waals surface area contributed by atoms with E-state index in [4.69, 9.17) is 0 Å². The van der Waals surface area contributed by atoms with Gasteiger partial charge in [0.2, 0.25) is 0 Å². The van der Waals surface area contributed by atoms with Crippen LogP contribution >= 0.6 is 0 Å². The summed E-state index contributed by atoms with van der Waals surface area (Å²) in [5, 5.41) is 3.33. The Kier molecular flexibility index (Phi) is 2.40. The molecule has 0 aliphatic carbocycles. The predicted molar refractivity (Wildman–Crippen MR) is 51.7 cm³/mol. The minimum atomic E-state index is 0.566. The van der Waals surface area contributed by atoms with Crippen molar-refractivity contribution in [3.8, 4) is 0 Å². The maximum Gasteiger partial charge on any atom is 0.147 e. The van der Waals surface area contributed by atoms with Gasteiger partial charge in [0.05, 0.1) is 6.20 Å². The zero-order valence-corrected chi connectivity index (χ0v) is 7.77. The number of nitrogens with one attached hydrogen (secondary N) is 1. The lowest BCUT2D eigenvalue weighted by Crippen LogP contribution is -2.33. The fraction of sp³-hybridized carbons (Fsp3) is 0.556. The first-order valence-corrected chi connectivity index (χ1v) is 4.57. The third-order valence-corrected chi connectivity index (χ3v) is 2.49. The van der Waals surface area contributed by atoms with Crippen LogP contribution in [-0.4, -0.2) is 36.1 Å². The van der Waals surface area contributed by atoms with E-state index in [0.717, 1.165) is 18.9 Å². The van der Waals surface area contributed by atoms with E-state index >= 15 is 0 Å². The van der Waals surface area contributed by atoms with Gasteiger partial charge in [0, 0.05) is 32.0 Å². The van der Waals surface area contributed by atoms with Gasteiger partial charge in [0.1, 0.15) is 5.82 Å². The molecule has 70 valence electrons. The topological polar surface area (TPSA) is 41.1 Å². The number of hydrogen-bond donors (Lipinski definition) is 1. The van der Waals surface area contributed by atoms with Crippen LogP contribution in [0.5, 0.6) is 0 Å². The van der Waals surface area contributed by atoms with Crippen LogP contribution in [0.15, 0.2) is 18.6 Å². The molecule has 2 rings (SSSR count). The second kappa shape index (κ2) is 3.70. The summed E-state index contributed by atoms with van der Waals surface area (Å²) in [5.41, 5.74) is 0. The van der Waals surface area contributed by atoms with Gasteiger partial charge in [-0.1, -0.05) is 0 Å². The first-order chi connectivity index (χ1) is 6.38. The van der Waals surface area contributed by atoms with Crippen LogP contribution in [0.4, 0.5) is 5.82 Å². The summed E-state index contributed by atoms with van der Waals surface area (Å²) in [6.45, 7) is 2.16. The van der Waals surface area contributed by atoms with Crippen molar-refractivity contribution in [3.63, 3.8) is 0 Å². The van der Waals surface area contributed by atoms with E-state index < -0.39 is 0 Å². The zero-order valence-electron chi connectivity index (χ0n) is 7.77. The van der Waals surface area contributed by atoms with Gasteiger partial charge in [-0.3, -0.25) is 4.98 Å². The van der Waals surface area contributed by atoms with Crippen molar-refractivity contribution in [2.45, 2.75) is 12.5 Å². The van der Waals surface area contributed by atoms with Crippen LogP contribution in [0.3, 0.4) is 0 Å². The molecular weight excluding hydrogens is 164 g/mol. The SMILES string of the molecule is CN(c1cnccn1)C1CCNC1. The molecule has 0 aromatic carbocycles. The predicted octanol–water partition coefficient (Wildman–Crippen LogP) is 0.275. The summed E-state index contributed by atoms with van der Waals surface area (Å²) >= 11 is 0. The normalized spacial score (nSPS) is 21.8. The summed E-state index contributed by atoms with van der Waals surface area (Å²) in [5.74, 6) is 0.955. The summed E-state index contributed by atoms with van der Waals surface area (Å²) in [4.78, 5) is 10.5. The molecular formula is C9H14N4. The third-order valence-electron chi connectivity index (χ3n) is 2.49. The molecule has 0 spiro atoms. The summed E-state index contributed by atoms with van der Waals surface area (Å²) in [6, 6.07) is 0.566. The molecule has 4 nitrogen and oxygen atoms in total. The first-order valence-electron chi connectivity index (χ1n) is 4.57. The maximum absolute atomic E-state index is 4.26. The molecule has 1 aliphatic rings. The molecule has 0 bridgehead atoms. The second-order valence-corrected chi connectivity index (χ2v) is 3.32. The fourth-order valence-corrected chi connectivity index (χ4v) is 1.63. The van der Waals surface area contributed by atoms with Crippen LogP contribution in [0.25, 0.3) is 0 Å². The van der Waals surface area contributed by atoms with E-state index in [1.54, 1.807) is 18.6 Å². The fourth-order valence-electron chi connectivity index (χ4n) is 1.63. The number of anilines is 1. The molecule has 13 heavy (non-hydrogen) atoms. The Morgan fingerprint density at radius 3 is 3.08 bits per heavy atom. The molecule has 1 aromatic rings. The zero-order chi connectivity index (χ0) is 9.10. The lowest BCUT2D eigenvalue weighted by molar-refractivity contribution is 0.676. The Balaban J connectivity index is 2.08.